The summed E-state index contributed by atoms with van der Waals surface area (Å²) in [5.41, 5.74) is 4.02. The lowest BCUT2D eigenvalue weighted by Gasteiger charge is -2.35. The molecule has 7 nitrogen and oxygen atoms in total. The normalized spacial score (nSPS) is 18.7. The SMILES string of the molecule is CC/C=C\C=C(/NC)c1nccc2c(N3CCC(OC)CC3)cc(N3CCOCC3)nc12. The van der Waals surface area contributed by atoms with Crippen LogP contribution in [0.4, 0.5) is 11.5 Å². The lowest BCUT2D eigenvalue weighted by Crippen LogP contribution is -2.38. The van der Waals surface area contributed by atoms with E-state index in [1.54, 1.807) is 0 Å². The highest BCUT2D eigenvalue weighted by molar-refractivity contribution is 5.98. The van der Waals surface area contributed by atoms with E-state index >= 15 is 0 Å². The Morgan fingerprint density at radius 2 is 2.00 bits per heavy atom. The molecule has 32 heavy (non-hydrogen) atoms. The number of rotatable bonds is 7. The number of fused-ring (bicyclic) bond motifs is 1. The molecule has 2 saturated heterocycles. The highest BCUT2D eigenvalue weighted by Gasteiger charge is 2.24. The molecule has 2 aromatic heterocycles. The van der Waals surface area contributed by atoms with Gasteiger partial charge in [-0.25, -0.2) is 4.98 Å². The van der Waals surface area contributed by atoms with E-state index in [-0.39, 0.29) is 0 Å². The number of hydrogen-bond donors (Lipinski definition) is 1. The number of ether oxygens (including phenoxy) is 2. The molecule has 0 aromatic carbocycles. The number of hydrogen-bond acceptors (Lipinski definition) is 7. The Balaban J connectivity index is 1.82. The standard InChI is InChI=1S/C25H35N5O2/c1-4-5-6-7-21(26-2)25-24-20(8-11-27-25)22(29-12-9-19(31-3)10-13-29)18-23(28-24)30-14-16-32-17-15-30/h5-8,11,18-19,26H,4,9-10,12-17H2,1-3H3/b6-5-,21-7-. The van der Waals surface area contributed by atoms with Crippen molar-refractivity contribution in [3.8, 4) is 0 Å². The predicted molar refractivity (Wildman–Crippen MR) is 131 cm³/mol. The molecule has 2 aliphatic heterocycles. The second-order valence-corrected chi connectivity index (χ2v) is 8.24. The van der Waals surface area contributed by atoms with Crippen molar-refractivity contribution in [1.82, 2.24) is 15.3 Å². The molecule has 2 fully saturated rings. The summed E-state index contributed by atoms with van der Waals surface area (Å²) in [5, 5.41) is 4.47. The van der Waals surface area contributed by atoms with Crippen molar-refractivity contribution < 1.29 is 9.47 Å². The van der Waals surface area contributed by atoms with Gasteiger partial charge in [0.25, 0.3) is 0 Å². The van der Waals surface area contributed by atoms with Crippen molar-refractivity contribution in [1.29, 1.82) is 0 Å². The first-order chi connectivity index (χ1) is 15.7. The van der Waals surface area contributed by atoms with Crippen molar-refractivity contribution in [2.45, 2.75) is 32.3 Å². The lowest BCUT2D eigenvalue weighted by molar-refractivity contribution is 0.0819. The van der Waals surface area contributed by atoms with Gasteiger partial charge in [0.15, 0.2) is 0 Å². The van der Waals surface area contributed by atoms with Gasteiger partial charge in [-0.2, -0.15) is 0 Å². The molecule has 172 valence electrons. The monoisotopic (exact) mass is 437 g/mol. The summed E-state index contributed by atoms with van der Waals surface area (Å²) in [5.74, 6) is 0.999. The van der Waals surface area contributed by atoms with Gasteiger partial charge in [-0.05, 0) is 31.4 Å². The van der Waals surface area contributed by atoms with E-state index in [4.69, 9.17) is 19.4 Å². The number of aromatic nitrogens is 2. The summed E-state index contributed by atoms with van der Waals surface area (Å²) in [6, 6.07) is 4.35. The van der Waals surface area contributed by atoms with Gasteiger partial charge in [0.05, 0.1) is 25.0 Å². The molecule has 0 spiro atoms. The van der Waals surface area contributed by atoms with Crippen LogP contribution in [0.1, 0.15) is 31.9 Å². The molecule has 0 bridgehead atoms. The minimum Gasteiger partial charge on any atom is -0.386 e. The molecule has 0 aliphatic carbocycles. The van der Waals surface area contributed by atoms with Crippen LogP contribution >= 0.6 is 0 Å². The Hall–Kier alpha value is -2.64. The van der Waals surface area contributed by atoms with E-state index in [2.05, 4.69) is 52.4 Å². The molecule has 0 atom stereocenters. The largest absolute Gasteiger partial charge is 0.386 e. The number of nitrogens with zero attached hydrogens (tertiary/aromatic N) is 4. The van der Waals surface area contributed by atoms with Crippen LogP contribution in [0.2, 0.25) is 0 Å². The third kappa shape index (κ3) is 4.89. The first-order valence-electron chi connectivity index (χ1n) is 11.7. The van der Waals surface area contributed by atoms with Crippen LogP contribution in [-0.2, 0) is 9.47 Å². The van der Waals surface area contributed by atoms with Crippen LogP contribution in [0.15, 0.2) is 36.6 Å². The van der Waals surface area contributed by atoms with Gasteiger partial charge >= 0.3 is 0 Å². The van der Waals surface area contributed by atoms with Crippen LogP contribution in [0, 0.1) is 0 Å². The highest BCUT2D eigenvalue weighted by Crippen LogP contribution is 2.34. The van der Waals surface area contributed by atoms with E-state index in [1.165, 1.54) is 5.69 Å². The Morgan fingerprint density at radius 3 is 2.69 bits per heavy atom. The number of pyridine rings is 2. The summed E-state index contributed by atoms with van der Waals surface area (Å²) in [4.78, 5) is 14.7. The van der Waals surface area contributed by atoms with Crippen molar-refractivity contribution in [3.63, 3.8) is 0 Å². The summed E-state index contributed by atoms with van der Waals surface area (Å²) in [6.45, 7) is 7.27. The summed E-state index contributed by atoms with van der Waals surface area (Å²) >= 11 is 0. The molecule has 4 heterocycles. The molecule has 0 amide bonds. The average Bonchev–Trinajstić information content (AvgIpc) is 2.86. The van der Waals surface area contributed by atoms with E-state index < -0.39 is 0 Å². The molecule has 0 saturated carbocycles. The number of piperidine rings is 1. The molecule has 2 aliphatic rings. The molecule has 1 N–H and O–H groups in total. The zero-order valence-electron chi connectivity index (χ0n) is 19.5. The van der Waals surface area contributed by atoms with E-state index in [0.29, 0.717) is 6.10 Å². The number of methoxy groups -OCH3 is 1. The van der Waals surface area contributed by atoms with Crippen LogP contribution in [0.25, 0.3) is 16.6 Å². The fraction of sp³-hybridized carbons (Fsp3) is 0.520. The van der Waals surface area contributed by atoms with Gasteiger partial charge in [0, 0.05) is 63.7 Å². The lowest BCUT2D eigenvalue weighted by atomic mass is 10.0. The highest BCUT2D eigenvalue weighted by atomic mass is 16.5. The average molecular weight is 438 g/mol. The topological polar surface area (TPSA) is 62.8 Å². The summed E-state index contributed by atoms with van der Waals surface area (Å²) < 4.78 is 11.2. The quantitative estimate of drug-likeness (QED) is 0.664. The van der Waals surface area contributed by atoms with Gasteiger partial charge in [0.1, 0.15) is 17.0 Å². The fourth-order valence-electron chi connectivity index (χ4n) is 4.45. The second kappa shape index (κ2) is 10.8. The Kier molecular flexibility index (Phi) is 7.60. The molecule has 0 radical (unpaired) electrons. The van der Waals surface area contributed by atoms with Crippen LogP contribution < -0.4 is 15.1 Å². The second-order valence-electron chi connectivity index (χ2n) is 8.24. The van der Waals surface area contributed by atoms with Crippen molar-refractivity contribution in [3.05, 3.63) is 42.3 Å². The molecular weight excluding hydrogens is 402 g/mol. The third-order valence-electron chi connectivity index (χ3n) is 6.30. The maximum atomic E-state index is 5.60. The van der Waals surface area contributed by atoms with Gasteiger partial charge in [-0.15, -0.1) is 0 Å². The van der Waals surface area contributed by atoms with E-state index in [1.807, 2.05) is 20.4 Å². The Morgan fingerprint density at radius 1 is 1.22 bits per heavy atom. The summed E-state index contributed by atoms with van der Waals surface area (Å²) in [7, 11) is 3.75. The number of nitrogens with one attached hydrogen (secondary N) is 1. The van der Waals surface area contributed by atoms with Gasteiger partial charge < -0.3 is 24.6 Å². The minimum absolute atomic E-state index is 0.347. The molecule has 0 unspecified atom stereocenters. The van der Waals surface area contributed by atoms with Gasteiger partial charge in [-0.1, -0.05) is 19.1 Å². The smallest absolute Gasteiger partial charge is 0.131 e. The minimum atomic E-state index is 0.347. The summed E-state index contributed by atoms with van der Waals surface area (Å²) in [6.07, 6.45) is 11.6. The van der Waals surface area contributed by atoms with Crippen molar-refractivity contribution in [2.75, 3.05) is 63.4 Å². The first-order valence-corrected chi connectivity index (χ1v) is 11.7. The van der Waals surface area contributed by atoms with Crippen LogP contribution in [0.3, 0.4) is 0 Å². The third-order valence-corrected chi connectivity index (χ3v) is 6.30. The zero-order valence-corrected chi connectivity index (χ0v) is 19.5. The van der Waals surface area contributed by atoms with Crippen LogP contribution in [-0.4, -0.2) is 69.6 Å². The van der Waals surface area contributed by atoms with Crippen molar-refractivity contribution in [2.24, 2.45) is 0 Å². The van der Waals surface area contributed by atoms with Gasteiger partial charge in [-0.3, -0.25) is 4.98 Å². The molecular formula is C25H35N5O2. The molecule has 2 aromatic rings. The number of anilines is 2. The maximum Gasteiger partial charge on any atom is 0.131 e. The maximum absolute atomic E-state index is 5.60. The predicted octanol–water partition coefficient (Wildman–Crippen LogP) is 3.61. The fourth-order valence-corrected chi connectivity index (χ4v) is 4.45. The molecule has 4 rings (SSSR count). The Labute approximate surface area is 191 Å². The number of allylic oxidation sites excluding steroid dienone is 3. The first kappa shape index (κ1) is 22.6. The van der Waals surface area contributed by atoms with Crippen LogP contribution in [0.5, 0.6) is 0 Å². The van der Waals surface area contributed by atoms with E-state index in [0.717, 1.165) is 86.8 Å². The zero-order chi connectivity index (χ0) is 22.3. The Bertz CT molecular complexity index is 960. The van der Waals surface area contributed by atoms with Gasteiger partial charge in [0.2, 0.25) is 0 Å². The van der Waals surface area contributed by atoms with E-state index in [9.17, 15) is 0 Å². The number of morpholine rings is 1. The molecule has 7 heteroatoms. The van der Waals surface area contributed by atoms with Crippen molar-refractivity contribution >= 4 is 28.1 Å².